The summed E-state index contributed by atoms with van der Waals surface area (Å²) >= 11 is 0. The Hall–Kier alpha value is -2.09. The molecule has 0 spiro atoms. The number of carbonyl (C=O) groups excluding carboxylic acids is 1. The van der Waals surface area contributed by atoms with Crippen LogP contribution in [0.25, 0.3) is 0 Å². The zero-order chi connectivity index (χ0) is 14.8. The first kappa shape index (κ1) is 13.9. The van der Waals surface area contributed by atoms with Gasteiger partial charge in [0.1, 0.15) is 17.6 Å². The van der Waals surface area contributed by atoms with Crippen LogP contribution in [-0.4, -0.2) is 41.5 Å². The number of rotatable bonds is 2. The van der Waals surface area contributed by atoms with Crippen molar-refractivity contribution in [1.82, 2.24) is 9.88 Å². The third-order valence-electron chi connectivity index (χ3n) is 4.53. The number of carbonyl (C=O) groups is 1. The van der Waals surface area contributed by atoms with Gasteiger partial charge in [-0.1, -0.05) is 6.07 Å². The van der Waals surface area contributed by atoms with Gasteiger partial charge >= 0.3 is 0 Å². The maximum Gasteiger partial charge on any atom is 0.222 e. The Morgan fingerprint density at radius 3 is 2.67 bits per heavy atom. The van der Waals surface area contributed by atoms with Gasteiger partial charge in [0.25, 0.3) is 0 Å². The van der Waals surface area contributed by atoms with E-state index in [9.17, 15) is 4.79 Å². The molecule has 0 aromatic carbocycles. The second-order valence-corrected chi connectivity index (χ2v) is 5.86. The van der Waals surface area contributed by atoms with Gasteiger partial charge in [0.2, 0.25) is 5.91 Å². The fourth-order valence-electron chi connectivity index (χ4n) is 3.27. The Balaban J connectivity index is 1.66. The van der Waals surface area contributed by atoms with E-state index in [4.69, 9.17) is 5.26 Å². The topological polar surface area (TPSA) is 60.2 Å². The van der Waals surface area contributed by atoms with Gasteiger partial charge in [-0.05, 0) is 37.8 Å². The number of nitriles is 1. The minimum atomic E-state index is 0.314. The van der Waals surface area contributed by atoms with Gasteiger partial charge < -0.3 is 9.80 Å². The highest BCUT2D eigenvalue weighted by molar-refractivity contribution is 5.78. The summed E-state index contributed by atoms with van der Waals surface area (Å²) in [5.74, 6) is 1.19. The average molecular weight is 284 g/mol. The number of anilines is 1. The summed E-state index contributed by atoms with van der Waals surface area (Å²) in [6.45, 7) is 4.62. The highest BCUT2D eigenvalue weighted by Crippen LogP contribution is 2.25. The first-order chi connectivity index (χ1) is 10.2. The quantitative estimate of drug-likeness (QED) is 0.831. The number of amides is 1. The van der Waals surface area contributed by atoms with Gasteiger partial charge in [-0.25, -0.2) is 4.98 Å². The van der Waals surface area contributed by atoms with Gasteiger partial charge in [-0.2, -0.15) is 5.26 Å². The number of hydrogen-bond acceptors (Lipinski definition) is 4. The monoisotopic (exact) mass is 284 g/mol. The molecule has 1 amide bonds. The van der Waals surface area contributed by atoms with Crippen LogP contribution in [0, 0.1) is 18.3 Å². The SMILES string of the molecule is Cc1ccc(N2CCC(N3CCCC3=O)CC2)nc1C#N. The van der Waals surface area contributed by atoms with Crippen LogP contribution < -0.4 is 4.90 Å². The predicted molar refractivity (Wildman–Crippen MR) is 79.9 cm³/mol. The number of aryl methyl sites for hydroxylation is 1. The molecule has 3 heterocycles. The third kappa shape index (κ3) is 2.71. The molecular weight excluding hydrogens is 264 g/mol. The standard InChI is InChI=1S/C16H20N4O/c1-12-4-5-15(18-14(12)11-17)19-9-6-13(7-10-19)20-8-2-3-16(20)21/h4-5,13H,2-3,6-10H2,1H3. The highest BCUT2D eigenvalue weighted by atomic mass is 16.2. The fourth-order valence-corrected chi connectivity index (χ4v) is 3.27. The number of nitrogens with zero attached hydrogens (tertiary/aromatic N) is 4. The van der Waals surface area contributed by atoms with E-state index in [2.05, 4.69) is 20.9 Å². The lowest BCUT2D eigenvalue weighted by Crippen LogP contribution is -2.45. The smallest absolute Gasteiger partial charge is 0.222 e. The summed E-state index contributed by atoms with van der Waals surface area (Å²) < 4.78 is 0. The van der Waals surface area contributed by atoms with E-state index in [1.165, 1.54) is 0 Å². The number of likely N-dealkylation sites (tertiary alicyclic amines) is 1. The summed E-state index contributed by atoms with van der Waals surface area (Å²) in [5.41, 5.74) is 1.42. The van der Waals surface area contributed by atoms with Gasteiger partial charge in [-0.3, -0.25) is 4.79 Å². The molecule has 0 radical (unpaired) electrons. The molecule has 1 aromatic heterocycles. The molecule has 2 aliphatic heterocycles. The molecule has 21 heavy (non-hydrogen) atoms. The highest BCUT2D eigenvalue weighted by Gasteiger charge is 2.30. The summed E-state index contributed by atoms with van der Waals surface area (Å²) in [7, 11) is 0. The molecule has 5 heteroatoms. The average Bonchev–Trinajstić information content (AvgIpc) is 2.94. The molecule has 0 N–H and O–H groups in total. The minimum Gasteiger partial charge on any atom is -0.356 e. The molecule has 2 saturated heterocycles. The molecule has 5 nitrogen and oxygen atoms in total. The fraction of sp³-hybridized carbons (Fsp3) is 0.562. The molecule has 0 atom stereocenters. The lowest BCUT2D eigenvalue weighted by atomic mass is 10.0. The molecule has 0 aliphatic carbocycles. The first-order valence-electron chi connectivity index (χ1n) is 7.61. The molecule has 1 aromatic rings. The van der Waals surface area contributed by atoms with E-state index in [0.717, 1.165) is 50.3 Å². The molecule has 110 valence electrons. The number of aromatic nitrogens is 1. The van der Waals surface area contributed by atoms with Gasteiger partial charge in [0, 0.05) is 32.1 Å². The van der Waals surface area contributed by atoms with Crippen molar-refractivity contribution in [2.75, 3.05) is 24.5 Å². The summed E-state index contributed by atoms with van der Waals surface area (Å²) in [6.07, 6.45) is 3.70. The number of pyridine rings is 1. The maximum absolute atomic E-state index is 11.8. The Kier molecular flexibility index (Phi) is 3.78. The van der Waals surface area contributed by atoms with E-state index in [0.29, 0.717) is 24.1 Å². The summed E-state index contributed by atoms with van der Waals surface area (Å²) in [6, 6.07) is 6.47. The maximum atomic E-state index is 11.8. The Morgan fingerprint density at radius 1 is 1.29 bits per heavy atom. The molecule has 0 bridgehead atoms. The van der Waals surface area contributed by atoms with Crippen molar-refractivity contribution in [2.24, 2.45) is 0 Å². The van der Waals surface area contributed by atoms with E-state index >= 15 is 0 Å². The van der Waals surface area contributed by atoms with Crippen molar-refractivity contribution in [3.8, 4) is 6.07 Å². The van der Waals surface area contributed by atoms with E-state index in [1.807, 2.05) is 19.1 Å². The van der Waals surface area contributed by atoms with Crippen molar-refractivity contribution in [3.05, 3.63) is 23.4 Å². The minimum absolute atomic E-state index is 0.314. The van der Waals surface area contributed by atoms with Crippen LogP contribution in [0.1, 0.15) is 36.9 Å². The first-order valence-corrected chi connectivity index (χ1v) is 7.61. The number of hydrogen-bond donors (Lipinski definition) is 0. The van der Waals surface area contributed by atoms with Crippen molar-refractivity contribution >= 4 is 11.7 Å². The van der Waals surface area contributed by atoms with Gasteiger partial charge in [0.15, 0.2) is 0 Å². The Morgan fingerprint density at radius 2 is 2.05 bits per heavy atom. The van der Waals surface area contributed by atoms with E-state index in [1.54, 1.807) is 0 Å². The zero-order valence-electron chi connectivity index (χ0n) is 12.4. The second kappa shape index (κ2) is 5.72. The van der Waals surface area contributed by atoms with Gasteiger partial charge in [-0.15, -0.1) is 0 Å². The molecule has 0 unspecified atom stereocenters. The van der Waals surface area contributed by atoms with Crippen molar-refractivity contribution < 1.29 is 4.79 Å². The van der Waals surface area contributed by atoms with Crippen LogP contribution in [0.2, 0.25) is 0 Å². The van der Waals surface area contributed by atoms with Crippen LogP contribution in [0.15, 0.2) is 12.1 Å². The second-order valence-electron chi connectivity index (χ2n) is 5.86. The van der Waals surface area contributed by atoms with Crippen LogP contribution in [0.4, 0.5) is 5.82 Å². The molecule has 2 fully saturated rings. The predicted octanol–water partition coefficient (Wildman–Crippen LogP) is 1.85. The Bertz CT molecular complexity index is 584. The molecule has 3 rings (SSSR count). The largest absolute Gasteiger partial charge is 0.356 e. The van der Waals surface area contributed by atoms with Crippen molar-refractivity contribution in [3.63, 3.8) is 0 Å². The van der Waals surface area contributed by atoms with Gasteiger partial charge in [0.05, 0.1) is 0 Å². The molecule has 2 aliphatic rings. The Labute approximate surface area is 125 Å². The normalized spacial score (nSPS) is 19.9. The molecule has 0 saturated carbocycles. The van der Waals surface area contributed by atoms with Crippen LogP contribution in [-0.2, 0) is 4.79 Å². The van der Waals surface area contributed by atoms with Crippen LogP contribution >= 0.6 is 0 Å². The number of piperidine rings is 1. The lowest BCUT2D eigenvalue weighted by Gasteiger charge is -2.37. The summed E-state index contributed by atoms with van der Waals surface area (Å²) in [4.78, 5) is 20.5. The van der Waals surface area contributed by atoms with Crippen LogP contribution in [0.5, 0.6) is 0 Å². The third-order valence-corrected chi connectivity index (χ3v) is 4.53. The van der Waals surface area contributed by atoms with Crippen molar-refractivity contribution in [2.45, 2.75) is 38.6 Å². The molecular formula is C16H20N4O. The van der Waals surface area contributed by atoms with E-state index in [-0.39, 0.29) is 0 Å². The zero-order valence-corrected chi connectivity index (χ0v) is 12.4. The lowest BCUT2D eigenvalue weighted by molar-refractivity contribution is -0.130. The summed E-state index contributed by atoms with van der Waals surface area (Å²) in [5, 5.41) is 9.08. The van der Waals surface area contributed by atoms with E-state index < -0.39 is 0 Å². The van der Waals surface area contributed by atoms with Crippen molar-refractivity contribution in [1.29, 1.82) is 5.26 Å². The van der Waals surface area contributed by atoms with Crippen LogP contribution in [0.3, 0.4) is 0 Å².